The molecule has 1 aromatic carbocycles. The quantitative estimate of drug-likeness (QED) is 0.850. The summed E-state index contributed by atoms with van der Waals surface area (Å²) in [5.41, 5.74) is 12.5. The zero-order valence-electron chi connectivity index (χ0n) is 13.5. The highest BCUT2D eigenvalue weighted by molar-refractivity contribution is 5.98. The normalized spacial score (nSPS) is 11.4. The molecule has 0 aliphatic carbocycles. The number of nitrogens with zero attached hydrogens (tertiary/aromatic N) is 1. The SMILES string of the molecule is COc1ccc(-c2ccnc(/C=C(/C)C(C)=[NH2+])c2N)c(C)c1. The Labute approximate surface area is 131 Å². The molecule has 0 fully saturated rings. The van der Waals surface area contributed by atoms with Crippen LogP contribution >= 0.6 is 0 Å². The molecule has 0 atom stereocenters. The average molecular weight is 296 g/mol. The van der Waals surface area contributed by atoms with E-state index < -0.39 is 0 Å². The lowest BCUT2D eigenvalue weighted by atomic mass is 9.98. The standard InChI is InChI=1S/C18H21N3O/c1-11(13(3)19)10-17-18(20)16(7-8-21-17)15-6-5-14(22-4)9-12(15)2/h5-10,19H,20H2,1-4H3/p+1/b11-10-,19-13?. The van der Waals surface area contributed by atoms with Gasteiger partial charge in [0.05, 0.1) is 18.5 Å². The minimum atomic E-state index is 0.649. The van der Waals surface area contributed by atoms with Crippen molar-refractivity contribution in [2.75, 3.05) is 12.8 Å². The molecular weight excluding hydrogens is 274 g/mol. The van der Waals surface area contributed by atoms with E-state index in [4.69, 9.17) is 15.9 Å². The Hall–Kier alpha value is -2.62. The summed E-state index contributed by atoms with van der Waals surface area (Å²) in [6, 6.07) is 7.87. The van der Waals surface area contributed by atoms with E-state index >= 15 is 0 Å². The third-order valence-corrected chi connectivity index (χ3v) is 3.72. The molecular formula is C18H22N3O+. The van der Waals surface area contributed by atoms with E-state index in [2.05, 4.69) is 4.98 Å². The lowest BCUT2D eigenvalue weighted by molar-refractivity contribution is -0.113. The topological polar surface area (TPSA) is 73.7 Å². The zero-order chi connectivity index (χ0) is 16.3. The van der Waals surface area contributed by atoms with Crippen molar-refractivity contribution < 1.29 is 10.1 Å². The van der Waals surface area contributed by atoms with Crippen molar-refractivity contribution in [1.82, 2.24) is 4.98 Å². The summed E-state index contributed by atoms with van der Waals surface area (Å²) in [5, 5.41) is 5.80. The molecule has 114 valence electrons. The van der Waals surface area contributed by atoms with Crippen LogP contribution in [-0.4, -0.2) is 17.8 Å². The van der Waals surface area contributed by atoms with Crippen LogP contribution in [0.3, 0.4) is 0 Å². The number of nitrogens with two attached hydrogens (primary N) is 2. The monoisotopic (exact) mass is 296 g/mol. The Bertz CT molecular complexity index is 748. The number of aromatic nitrogens is 1. The first-order chi connectivity index (χ1) is 10.4. The number of benzene rings is 1. The maximum Gasteiger partial charge on any atom is 0.172 e. The summed E-state index contributed by atoms with van der Waals surface area (Å²) in [6.07, 6.45) is 3.67. The molecule has 0 radical (unpaired) electrons. The minimum absolute atomic E-state index is 0.649. The van der Waals surface area contributed by atoms with E-state index in [-0.39, 0.29) is 0 Å². The van der Waals surface area contributed by atoms with Gasteiger partial charge in [-0.25, -0.2) is 0 Å². The van der Waals surface area contributed by atoms with Crippen LogP contribution in [0.15, 0.2) is 36.0 Å². The third-order valence-electron chi connectivity index (χ3n) is 3.72. The number of nitrogen functional groups attached to an aromatic ring is 1. The van der Waals surface area contributed by atoms with Crippen molar-refractivity contribution in [2.24, 2.45) is 0 Å². The fraction of sp³-hybridized carbons (Fsp3) is 0.222. The van der Waals surface area contributed by atoms with Gasteiger partial charge in [0.15, 0.2) is 5.71 Å². The van der Waals surface area contributed by atoms with Crippen LogP contribution in [0, 0.1) is 6.92 Å². The number of anilines is 1. The van der Waals surface area contributed by atoms with E-state index in [1.165, 1.54) is 0 Å². The molecule has 0 bridgehead atoms. The molecule has 4 heteroatoms. The van der Waals surface area contributed by atoms with Crippen molar-refractivity contribution >= 4 is 17.5 Å². The average Bonchev–Trinajstić information content (AvgIpc) is 2.49. The Kier molecular flexibility index (Phi) is 4.61. The Morgan fingerprint density at radius 1 is 1.23 bits per heavy atom. The van der Waals surface area contributed by atoms with E-state index in [0.29, 0.717) is 5.69 Å². The van der Waals surface area contributed by atoms with Crippen LogP contribution in [0.4, 0.5) is 5.69 Å². The molecule has 1 heterocycles. The van der Waals surface area contributed by atoms with Gasteiger partial charge in [-0.3, -0.25) is 10.4 Å². The highest BCUT2D eigenvalue weighted by Crippen LogP contribution is 2.32. The van der Waals surface area contributed by atoms with Gasteiger partial charge in [-0.1, -0.05) is 6.07 Å². The van der Waals surface area contributed by atoms with Gasteiger partial charge in [0.2, 0.25) is 0 Å². The molecule has 4 N–H and O–H groups in total. The molecule has 0 amide bonds. The Morgan fingerprint density at radius 3 is 2.55 bits per heavy atom. The lowest BCUT2D eigenvalue weighted by Gasteiger charge is -2.12. The number of ether oxygens (including phenoxy) is 1. The fourth-order valence-electron chi connectivity index (χ4n) is 2.22. The van der Waals surface area contributed by atoms with Gasteiger partial charge in [-0.2, -0.15) is 0 Å². The summed E-state index contributed by atoms with van der Waals surface area (Å²) < 4.78 is 5.25. The van der Waals surface area contributed by atoms with Gasteiger partial charge in [0.25, 0.3) is 0 Å². The summed E-state index contributed by atoms with van der Waals surface area (Å²) in [7, 11) is 1.66. The first kappa shape index (κ1) is 15.8. The number of rotatable bonds is 4. The Balaban J connectivity index is 2.54. The predicted molar refractivity (Wildman–Crippen MR) is 91.6 cm³/mol. The summed E-state index contributed by atoms with van der Waals surface area (Å²) in [4.78, 5) is 4.36. The van der Waals surface area contributed by atoms with Crippen molar-refractivity contribution in [3.8, 4) is 16.9 Å². The van der Waals surface area contributed by atoms with Crippen LogP contribution in [0.25, 0.3) is 17.2 Å². The first-order valence-electron chi connectivity index (χ1n) is 7.11. The van der Waals surface area contributed by atoms with Crippen LogP contribution < -0.4 is 15.9 Å². The van der Waals surface area contributed by atoms with Gasteiger partial charge in [0.1, 0.15) is 5.75 Å². The van der Waals surface area contributed by atoms with E-state index in [9.17, 15) is 0 Å². The molecule has 2 aromatic rings. The van der Waals surface area contributed by atoms with Crippen LogP contribution in [0.1, 0.15) is 25.1 Å². The maximum absolute atomic E-state index is 6.31. The first-order valence-corrected chi connectivity index (χ1v) is 7.11. The lowest BCUT2D eigenvalue weighted by Crippen LogP contribution is -2.38. The van der Waals surface area contributed by atoms with Gasteiger partial charge >= 0.3 is 0 Å². The molecule has 22 heavy (non-hydrogen) atoms. The number of allylic oxidation sites excluding steroid dienone is 1. The van der Waals surface area contributed by atoms with Crippen LogP contribution in [0.2, 0.25) is 0 Å². The predicted octanol–water partition coefficient (Wildman–Crippen LogP) is 2.27. The highest BCUT2D eigenvalue weighted by Gasteiger charge is 2.11. The van der Waals surface area contributed by atoms with Gasteiger partial charge in [0, 0.05) is 24.3 Å². The molecule has 0 aliphatic heterocycles. The Morgan fingerprint density at radius 2 is 1.95 bits per heavy atom. The van der Waals surface area contributed by atoms with Crippen molar-refractivity contribution in [1.29, 1.82) is 0 Å². The van der Waals surface area contributed by atoms with Gasteiger partial charge < -0.3 is 10.5 Å². The summed E-state index contributed by atoms with van der Waals surface area (Å²) in [5.74, 6) is 0.832. The molecule has 0 spiro atoms. The number of methoxy groups -OCH3 is 1. The zero-order valence-corrected chi connectivity index (χ0v) is 13.5. The number of pyridine rings is 1. The van der Waals surface area contributed by atoms with Crippen molar-refractivity contribution in [3.05, 3.63) is 47.3 Å². The summed E-state index contributed by atoms with van der Waals surface area (Å²) >= 11 is 0. The molecule has 2 rings (SSSR count). The molecule has 0 unspecified atom stereocenters. The van der Waals surface area contributed by atoms with Crippen molar-refractivity contribution in [3.63, 3.8) is 0 Å². The van der Waals surface area contributed by atoms with E-state index in [1.807, 2.05) is 51.1 Å². The second-order valence-electron chi connectivity index (χ2n) is 5.35. The van der Waals surface area contributed by atoms with E-state index in [0.717, 1.165) is 39.4 Å². The largest absolute Gasteiger partial charge is 0.497 e. The molecule has 1 aromatic heterocycles. The summed E-state index contributed by atoms with van der Waals surface area (Å²) in [6.45, 7) is 5.84. The van der Waals surface area contributed by atoms with Crippen LogP contribution in [0.5, 0.6) is 5.75 Å². The van der Waals surface area contributed by atoms with E-state index in [1.54, 1.807) is 13.3 Å². The molecule has 4 nitrogen and oxygen atoms in total. The third kappa shape index (κ3) is 3.17. The van der Waals surface area contributed by atoms with Crippen molar-refractivity contribution in [2.45, 2.75) is 20.8 Å². The van der Waals surface area contributed by atoms with Crippen LogP contribution in [-0.2, 0) is 0 Å². The highest BCUT2D eigenvalue weighted by atomic mass is 16.5. The molecule has 0 aliphatic rings. The molecule has 0 saturated heterocycles. The number of aryl methyl sites for hydroxylation is 1. The number of hydrogen-bond donors (Lipinski definition) is 2. The fourth-order valence-corrected chi connectivity index (χ4v) is 2.22. The maximum atomic E-state index is 6.31. The second kappa shape index (κ2) is 6.43. The number of hydrogen-bond acceptors (Lipinski definition) is 3. The smallest absolute Gasteiger partial charge is 0.172 e. The second-order valence-corrected chi connectivity index (χ2v) is 5.35. The molecule has 0 saturated carbocycles. The van der Waals surface area contributed by atoms with Gasteiger partial charge in [-0.05, 0) is 49.2 Å². The van der Waals surface area contributed by atoms with Gasteiger partial charge in [-0.15, -0.1) is 0 Å². The minimum Gasteiger partial charge on any atom is -0.497 e.